The molecule has 1 aliphatic rings. The number of benzene rings is 3. The monoisotopic (exact) mass is 457 g/mol. The van der Waals surface area contributed by atoms with E-state index in [0.29, 0.717) is 40.5 Å². The lowest BCUT2D eigenvalue weighted by Crippen LogP contribution is -2.29. The van der Waals surface area contributed by atoms with E-state index in [0.717, 1.165) is 11.1 Å². The Bertz CT molecular complexity index is 1430. The standard InChI is InChI=1S/C27H20ClNO4/c1-2-13-32-20-10-6-9-18(14-20)24-23-25(30)21-15-19(28)11-12-22(21)33-26(23)27(31)29(24)16-17-7-4-3-5-8-17/h2-12,14-15,24H,1,13,16H2. The third-order valence-corrected chi connectivity index (χ3v) is 5.90. The highest BCUT2D eigenvalue weighted by molar-refractivity contribution is 6.31. The van der Waals surface area contributed by atoms with Gasteiger partial charge in [-0.15, -0.1) is 0 Å². The Kier molecular flexibility index (Phi) is 5.48. The molecule has 1 amide bonds. The summed E-state index contributed by atoms with van der Waals surface area (Å²) in [6.07, 6.45) is 1.66. The van der Waals surface area contributed by atoms with Crippen LogP contribution in [0.3, 0.4) is 0 Å². The van der Waals surface area contributed by atoms with Crippen molar-refractivity contribution in [1.29, 1.82) is 0 Å². The predicted molar refractivity (Wildman–Crippen MR) is 128 cm³/mol. The Morgan fingerprint density at radius 1 is 1.03 bits per heavy atom. The first-order valence-electron chi connectivity index (χ1n) is 10.5. The molecule has 5 nitrogen and oxygen atoms in total. The molecular weight excluding hydrogens is 438 g/mol. The molecule has 0 saturated carbocycles. The molecule has 0 radical (unpaired) electrons. The lowest BCUT2D eigenvalue weighted by molar-refractivity contribution is 0.0714. The number of halogens is 1. The van der Waals surface area contributed by atoms with Crippen molar-refractivity contribution in [1.82, 2.24) is 4.90 Å². The molecule has 5 rings (SSSR count). The number of hydrogen-bond acceptors (Lipinski definition) is 4. The van der Waals surface area contributed by atoms with Gasteiger partial charge in [-0.1, -0.05) is 66.7 Å². The van der Waals surface area contributed by atoms with Crippen LogP contribution in [0.1, 0.15) is 33.3 Å². The number of hydrogen-bond donors (Lipinski definition) is 0. The molecule has 33 heavy (non-hydrogen) atoms. The molecule has 164 valence electrons. The summed E-state index contributed by atoms with van der Waals surface area (Å²) < 4.78 is 11.7. The Morgan fingerprint density at radius 2 is 1.85 bits per heavy atom. The van der Waals surface area contributed by atoms with Crippen LogP contribution in [0, 0.1) is 0 Å². The molecule has 1 unspecified atom stereocenters. The molecule has 4 aromatic rings. The van der Waals surface area contributed by atoms with Gasteiger partial charge in [0.2, 0.25) is 5.76 Å². The zero-order valence-corrected chi connectivity index (χ0v) is 18.4. The van der Waals surface area contributed by atoms with Gasteiger partial charge in [0.05, 0.1) is 17.0 Å². The largest absolute Gasteiger partial charge is 0.490 e. The SMILES string of the molecule is C=CCOc1cccc(C2c3c(oc4ccc(Cl)cc4c3=O)C(=O)N2Cc2ccccc2)c1. The summed E-state index contributed by atoms with van der Waals surface area (Å²) in [5.41, 5.74) is 2.09. The minimum Gasteiger partial charge on any atom is -0.490 e. The third-order valence-electron chi connectivity index (χ3n) is 5.67. The van der Waals surface area contributed by atoms with Crippen LogP contribution in [0.5, 0.6) is 5.75 Å². The van der Waals surface area contributed by atoms with E-state index >= 15 is 0 Å². The maximum Gasteiger partial charge on any atom is 0.291 e. The predicted octanol–water partition coefficient (Wildman–Crippen LogP) is 5.76. The van der Waals surface area contributed by atoms with Crippen molar-refractivity contribution in [3.05, 3.63) is 123 Å². The molecule has 1 atom stereocenters. The van der Waals surface area contributed by atoms with E-state index in [1.165, 1.54) is 0 Å². The van der Waals surface area contributed by atoms with Crippen molar-refractivity contribution >= 4 is 28.5 Å². The highest BCUT2D eigenvalue weighted by Gasteiger charge is 2.42. The van der Waals surface area contributed by atoms with E-state index in [4.69, 9.17) is 20.8 Å². The molecule has 0 spiro atoms. The summed E-state index contributed by atoms with van der Waals surface area (Å²) >= 11 is 6.15. The second kappa shape index (κ2) is 8.60. The topological polar surface area (TPSA) is 59.8 Å². The summed E-state index contributed by atoms with van der Waals surface area (Å²) in [5, 5.41) is 0.774. The number of ether oxygens (including phenoxy) is 1. The molecular formula is C27H20ClNO4. The van der Waals surface area contributed by atoms with Crippen LogP contribution in [0.25, 0.3) is 11.0 Å². The Balaban J connectivity index is 1.70. The van der Waals surface area contributed by atoms with Crippen LogP contribution in [0.4, 0.5) is 0 Å². The van der Waals surface area contributed by atoms with Gasteiger partial charge in [-0.05, 0) is 41.5 Å². The van der Waals surface area contributed by atoms with E-state index < -0.39 is 6.04 Å². The molecule has 2 heterocycles. The van der Waals surface area contributed by atoms with E-state index in [-0.39, 0.29) is 17.1 Å². The lowest BCUT2D eigenvalue weighted by atomic mass is 9.98. The lowest BCUT2D eigenvalue weighted by Gasteiger charge is -2.25. The Morgan fingerprint density at radius 3 is 2.64 bits per heavy atom. The van der Waals surface area contributed by atoms with Crippen molar-refractivity contribution in [2.24, 2.45) is 0 Å². The highest BCUT2D eigenvalue weighted by Crippen LogP contribution is 2.40. The van der Waals surface area contributed by atoms with E-state index in [1.54, 1.807) is 29.2 Å². The summed E-state index contributed by atoms with van der Waals surface area (Å²) in [6.45, 7) is 4.35. The van der Waals surface area contributed by atoms with Crippen LogP contribution in [-0.4, -0.2) is 17.4 Å². The number of carbonyl (C=O) groups excluding carboxylic acids is 1. The molecule has 3 aromatic carbocycles. The van der Waals surface area contributed by atoms with Gasteiger partial charge in [-0.2, -0.15) is 0 Å². The average molecular weight is 458 g/mol. The molecule has 0 bridgehead atoms. The number of amides is 1. The number of rotatable bonds is 6. The van der Waals surface area contributed by atoms with Gasteiger partial charge in [0.15, 0.2) is 5.43 Å². The van der Waals surface area contributed by atoms with Gasteiger partial charge < -0.3 is 14.1 Å². The maximum absolute atomic E-state index is 13.6. The van der Waals surface area contributed by atoms with Crippen molar-refractivity contribution in [3.63, 3.8) is 0 Å². The fourth-order valence-electron chi connectivity index (χ4n) is 4.21. The Labute approximate surface area is 195 Å². The van der Waals surface area contributed by atoms with E-state index in [2.05, 4.69) is 6.58 Å². The number of fused-ring (bicyclic) bond motifs is 2. The van der Waals surface area contributed by atoms with Crippen LogP contribution < -0.4 is 10.2 Å². The first-order valence-corrected chi connectivity index (χ1v) is 10.9. The smallest absolute Gasteiger partial charge is 0.291 e. The van der Waals surface area contributed by atoms with Crippen molar-refractivity contribution in [2.45, 2.75) is 12.6 Å². The first-order chi connectivity index (χ1) is 16.1. The summed E-state index contributed by atoms with van der Waals surface area (Å²) in [7, 11) is 0. The Hall–Kier alpha value is -3.83. The van der Waals surface area contributed by atoms with Crippen molar-refractivity contribution < 1.29 is 13.9 Å². The van der Waals surface area contributed by atoms with Crippen LogP contribution in [0.15, 0.2) is 94.7 Å². The first kappa shape index (κ1) is 21.0. The number of carbonyl (C=O) groups is 1. The van der Waals surface area contributed by atoms with Gasteiger partial charge >= 0.3 is 0 Å². The van der Waals surface area contributed by atoms with Gasteiger partial charge in [0, 0.05) is 11.6 Å². The summed E-state index contributed by atoms with van der Waals surface area (Å²) in [6, 6.07) is 21.3. The van der Waals surface area contributed by atoms with Gasteiger partial charge in [0.1, 0.15) is 17.9 Å². The molecule has 0 N–H and O–H groups in total. The van der Waals surface area contributed by atoms with Crippen molar-refractivity contribution in [3.8, 4) is 5.75 Å². The van der Waals surface area contributed by atoms with Gasteiger partial charge in [0.25, 0.3) is 5.91 Å². The van der Waals surface area contributed by atoms with Gasteiger partial charge in [-0.3, -0.25) is 9.59 Å². The van der Waals surface area contributed by atoms with E-state index in [9.17, 15) is 9.59 Å². The molecule has 0 aliphatic carbocycles. The minimum absolute atomic E-state index is 0.0631. The normalized spacial score (nSPS) is 15.0. The maximum atomic E-state index is 13.6. The molecule has 0 saturated heterocycles. The minimum atomic E-state index is -0.625. The quantitative estimate of drug-likeness (QED) is 0.345. The van der Waals surface area contributed by atoms with E-state index in [1.807, 2.05) is 54.6 Å². The summed E-state index contributed by atoms with van der Waals surface area (Å²) in [5.74, 6) is 0.361. The molecule has 1 aromatic heterocycles. The number of nitrogens with zero attached hydrogens (tertiary/aromatic N) is 1. The third kappa shape index (κ3) is 3.81. The van der Waals surface area contributed by atoms with Gasteiger partial charge in [-0.25, -0.2) is 0 Å². The molecule has 0 fully saturated rings. The molecule has 1 aliphatic heterocycles. The van der Waals surface area contributed by atoms with Crippen LogP contribution in [0.2, 0.25) is 5.02 Å². The second-order valence-corrected chi connectivity index (χ2v) is 8.24. The highest BCUT2D eigenvalue weighted by atomic mass is 35.5. The average Bonchev–Trinajstić information content (AvgIpc) is 3.11. The fraction of sp³-hybridized carbons (Fsp3) is 0.111. The zero-order chi connectivity index (χ0) is 22.9. The van der Waals surface area contributed by atoms with Crippen molar-refractivity contribution in [2.75, 3.05) is 6.61 Å². The molecule has 6 heteroatoms. The second-order valence-electron chi connectivity index (χ2n) is 7.81. The summed E-state index contributed by atoms with van der Waals surface area (Å²) in [4.78, 5) is 28.8. The fourth-order valence-corrected chi connectivity index (χ4v) is 4.38. The van der Waals surface area contributed by atoms with Crippen LogP contribution in [-0.2, 0) is 6.54 Å². The van der Waals surface area contributed by atoms with Crippen LogP contribution >= 0.6 is 11.6 Å². The zero-order valence-electron chi connectivity index (χ0n) is 17.7.